The van der Waals surface area contributed by atoms with Crippen LogP contribution in [0, 0.1) is 5.92 Å². The van der Waals surface area contributed by atoms with E-state index in [0.29, 0.717) is 12.5 Å². The van der Waals surface area contributed by atoms with E-state index < -0.39 is 0 Å². The van der Waals surface area contributed by atoms with E-state index in [1.165, 1.54) is 0 Å². The molecule has 0 fully saturated rings. The van der Waals surface area contributed by atoms with Crippen molar-refractivity contribution >= 4 is 18.3 Å². The zero-order valence-electron chi connectivity index (χ0n) is 12.0. The molecule has 1 aromatic rings. The van der Waals surface area contributed by atoms with E-state index in [0.717, 1.165) is 18.5 Å². The number of hydrogen-bond donors (Lipinski definition) is 2. The first kappa shape index (κ1) is 17.9. The molecule has 0 saturated carbocycles. The van der Waals surface area contributed by atoms with Crippen LogP contribution in [0.4, 0.5) is 0 Å². The van der Waals surface area contributed by atoms with E-state index in [-0.39, 0.29) is 24.2 Å². The zero-order valence-corrected chi connectivity index (χ0v) is 12.8. The highest BCUT2D eigenvalue weighted by Crippen LogP contribution is 2.26. The van der Waals surface area contributed by atoms with Crippen molar-refractivity contribution in [3.8, 4) is 0 Å². The first-order valence-electron chi connectivity index (χ1n) is 6.68. The lowest BCUT2D eigenvalue weighted by Crippen LogP contribution is -2.36. The molecule has 2 unspecified atom stereocenters. The van der Waals surface area contributed by atoms with E-state index >= 15 is 0 Å². The van der Waals surface area contributed by atoms with Gasteiger partial charge in [0.2, 0.25) is 5.91 Å². The predicted octanol–water partition coefficient (Wildman–Crippen LogP) is 2.57. The summed E-state index contributed by atoms with van der Waals surface area (Å²) in [6.07, 6.45) is 0.999. The second-order valence-corrected chi connectivity index (χ2v) is 4.67. The van der Waals surface area contributed by atoms with Crippen LogP contribution in [-0.2, 0) is 4.79 Å². The number of hydrogen-bond acceptors (Lipinski definition) is 2. The molecule has 0 saturated heterocycles. The van der Waals surface area contributed by atoms with Gasteiger partial charge >= 0.3 is 0 Å². The first-order valence-corrected chi connectivity index (χ1v) is 6.68. The smallest absolute Gasteiger partial charge is 0.227 e. The van der Waals surface area contributed by atoms with Gasteiger partial charge in [0.25, 0.3) is 0 Å². The van der Waals surface area contributed by atoms with Crippen molar-refractivity contribution in [1.29, 1.82) is 0 Å². The molecule has 0 radical (unpaired) electrons. The third-order valence-electron chi connectivity index (χ3n) is 3.33. The summed E-state index contributed by atoms with van der Waals surface area (Å²) in [7, 11) is 1.88. The van der Waals surface area contributed by atoms with Crippen LogP contribution in [0.1, 0.15) is 31.7 Å². The highest BCUT2D eigenvalue weighted by atomic mass is 35.5. The van der Waals surface area contributed by atoms with Crippen molar-refractivity contribution in [3.05, 3.63) is 35.9 Å². The Hall–Kier alpha value is -1.06. The molecule has 19 heavy (non-hydrogen) atoms. The minimum Gasteiger partial charge on any atom is -0.354 e. The zero-order chi connectivity index (χ0) is 13.4. The van der Waals surface area contributed by atoms with Crippen molar-refractivity contribution < 1.29 is 4.79 Å². The molecule has 0 bridgehead atoms. The number of benzene rings is 1. The Balaban J connectivity index is 0.00000324. The maximum atomic E-state index is 12.3. The summed E-state index contributed by atoms with van der Waals surface area (Å²) in [4.78, 5) is 12.3. The molecule has 0 heterocycles. The molecule has 4 heteroatoms. The average molecular weight is 285 g/mol. The largest absolute Gasteiger partial charge is 0.354 e. The Kier molecular flexibility index (Phi) is 9.27. The average Bonchev–Trinajstić information content (AvgIpc) is 2.40. The summed E-state index contributed by atoms with van der Waals surface area (Å²) in [6, 6.07) is 10.0. The van der Waals surface area contributed by atoms with Crippen molar-refractivity contribution in [2.75, 3.05) is 20.1 Å². The summed E-state index contributed by atoms with van der Waals surface area (Å²) in [5, 5.41) is 6.03. The summed E-state index contributed by atoms with van der Waals surface area (Å²) < 4.78 is 0. The van der Waals surface area contributed by atoms with Crippen LogP contribution >= 0.6 is 12.4 Å². The van der Waals surface area contributed by atoms with Gasteiger partial charge in [-0.05, 0) is 18.5 Å². The second kappa shape index (κ2) is 9.82. The van der Waals surface area contributed by atoms with Crippen LogP contribution in [0.3, 0.4) is 0 Å². The highest BCUT2D eigenvalue weighted by Gasteiger charge is 2.25. The molecule has 2 atom stereocenters. The molecule has 0 aliphatic carbocycles. The Bertz CT molecular complexity index is 356. The Morgan fingerprint density at radius 1 is 1.21 bits per heavy atom. The number of halogens is 1. The van der Waals surface area contributed by atoms with Gasteiger partial charge in [-0.3, -0.25) is 4.79 Å². The fourth-order valence-corrected chi connectivity index (χ4v) is 2.06. The summed E-state index contributed by atoms with van der Waals surface area (Å²) in [5.41, 5.74) is 1.11. The molecule has 1 rings (SSSR count). The van der Waals surface area contributed by atoms with E-state index in [9.17, 15) is 4.79 Å². The number of rotatable bonds is 7. The van der Waals surface area contributed by atoms with Gasteiger partial charge in [0, 0.05) is 13.1 Å². The molecule has 0 aliphatic rings. The van der Waals surface area contributed by atoms with Crippen LogP contribution in [0.5, 0.6) is 0 Å². The Labute approximate surface area is 122 Å². The quantitative estimate of drug-likeness (QED) is 0.756. The fraction of sp³-hybridized carbons (Fsp3) is 0.533. The Morgan fingerprint density at radius 3 is 2.37 bits per heavy atom. The summed E-state index contributed by atoms with van der Waals surface area (Å²) >= 11 is 0. The minimum absolute atomic E-state index is 0. The van der Waals surface area contributed by atoms with Crippen molar-refractivity contribution in [2.45, 2.75) is 26.2 Å². The van der Waals surface area contributed by atoms with Gasteiger partial charge in [0.1, 0.15) is 0 Å². The predicted molar refractivity (Wildman–Crippen MR) is 82.8 cm³/mol. The lowest BCUT2D eigenvalue weighted by atomic mass is 9.85. The van der Waals surface area contributed by atoms with Crippen molar-refractivity contribution in [2.24, 2.45) is 5.92 Å². The van der Waals surface area contributed by atoms with E-state index in [1.807, 2.05) is 37.4 Å². The third kappa shape index (κ3) is 5.62. The summed E-state index contributed by atoms with van der Waals surface area (Å²) in [6.45, 7) is 5.74. The molecular formula is C15H25ClN2O. The molecule has 2 N–H and O–H groups in total. The highest BCUT2D eigenvalue weighted by molar-refractivity contribution is 5.85. The lowest BCUT2D eigenvalue weighted by Gasteiger charge is -2.22. The number of amides is 1. The van der Waals surface area contributed by atoms with Crippen LogP contribution in [0.2, 0.25) is 0 Å². The number of carbonyl (C=O) groups is 1. The second-order valence-electron chi connectivity index (χ2n) is 4.67. The van der Waals surface area contributed by atoms with Crippen molar-refractivity contribution in [3.63, 3.8) is 0 Å². The Morgan fingerprint density at radius 2 is 1.84 bits per heavy atom. The van der Waals surface area contributed by atoms with E-state index in [4.69, 9.17) is 0 Å². The molecule has 1 amide bonds. The van der Waals surface area contributed by atoms with Crippen LogP contribution < -0.4 is 10.6 Å². The van der Waals surface area contributed by atoms with Gasteiger partial charge in [0.05, 0.1) is 5.92 Å². The van der Waals surface area contributed by atoms with Gasteiger partial charge in [-0.15, -0.1) is 12.4 Å². The maximum Gasteiger partial charge on any atom is 0.227 e. The normalized spacial score (nSPS) is 13.2. The minimum atomic E-state index is -0.0481. The molecule has 108 valence electrons. The SMILES string of the molecule is CCC(C)C(C(=O)NCCNC)c1ccccc1.Cl. The lowest BCUT2D eigenvalue weighted by molar-refractivity contribution is -0.123. The molecule has 1 aromatic carbocycles. The molecule has 0 aromatic heterocycles. The van der Waals surface area contributed by atoms with Crippen molar-refractivity contribution in [1.82, 2.24) is 10.6 Å². The van der Waals surface area contributed by atoms with Crippen LogP contribution in [-0.4, -0.2) is 26.0 Å². The monoisotopic (exact) mass is 284 g/mol. The molecule has 0 spiro atoms. The van der Waals surface area contributed by atoms with Crippen LogP contribution in [0.15, 0.2) is 30.3 Å². The molecule has 0 aliphatic heterocycles. The van der Waals surface area contributed by atoms with Gasteiger partial charge in [0.15, 0.2) is 0 Å². The molecular weight excluding hydrogens is 260 g/mol. The van der Waals surface area contributed by atoms with Gasteiger partial charge in [-0.1, -0.05) is 50.6 Å². The topological polar surface area (TPSA) is 41.1 Å². The van der Waals surface area contributed by atoms with E-state index in [2.05, 4.69) is 24.5 Å². The third-order valence-corrected chi connectivity index (χ3v) is 3.33. The fourth-order valence-electron chi connectivity index (χ4n) is 2.06. The van der Waals surface area contributed by atoms with Gasteiger partial charge in [-0.2, -0.15) is 0 Å². The number of nitrogens with one attached hydrogen (secondary N) is 2. The van der Waals surface area contributed by atoms with E-state index in [1.54, 1.807) is 0 Å². The summed E-state index contributed by atoms with van der Waals surface area (Å²) in [5.74, 6) is 0.431. The van der Waals surface area contributed by atoms with Crippen LogP contribution in [0.25, 0.3) is 0 Å². The standard InChI is InChI=1S/C15H24N2O.ClH/c1-4-12(2)14(13-8-6-5-7-9-13)15(18)17-11-10-16-3;/h5-9,12,14,16H,4,10-11H2,1-3H3,(H,17,18);1H. The van der Waals surface area contributed by atoms with Gasteiger partial charge in [-0.25, -0.2) is 0 Å². The first-order chi connectivity index (χ1) is 8.70. The van der Waals surface area contributed by atoms with Gasteiger partial charge < -0.3 is 10.6 Å². The maximum absolute atomic E-state index is 12.3. The number of carbonyl (C=O) groups excluding carboxylic acids is 1. The number of likely N-dealkylation sites (N-methyl/N-ethyl adjacent to an activating group) is 1. The molecule has 3 nitrogen and oxygen atoms in total.